The van der Waals surface area contributed by atoms with Gasteiger partial charge in [0.05, 0.1) is 13.2 Å². The molecule has 2 aromatic rings. The van der Waals surface area contributed by atoms with Gasteiger partial charge in [-0.15, -0.1) is 0 Å². The third-order valence-corrected chi connectivity index (χ3v) is 7.11. The number of hydrogen-bond acceptors (Lipinski definition) is 2. The molecule has 0 unspecified atom stereocenters. The molecule has 0 radical (unpaired) electrons. The highest BCUT2D eigenvalue weighted by atomic mass is 19.2. The van der Waals surface area contributed by atoms with Crippen LogP contribution >= 0.6 is 0 Å². The summed E-state index contributed by atoms with van der Waals surface area (Å²) >= 11 is 0. The van der Waals surface area contributed by atoms with Gasteiger partial charge in [-0.3, -0.25) is 0 Å². The predicted molar refractivity (Wildman–Crippen MR) is 120 cm³/mol. The average Bonchev–Trinajstić information content (AvgIpc) is 2.87. The number of rotatable bonds is 6. The third kappa shape index (κ3) is 5.75. The lowest BCUT2D eigenvalue weighted by Crippen LogP contribution is -2.34. The minimum atomic E-state index is -1.81. The van der Waals surface area contributed by atoms with Crippen molar-refractivity contribution in [2.45, 2.75) is 51.7 Å². The van der Waals surface area contributed by atoms with Gasteiger partial charge in [-0.05, 0) is 48.9 Å². The van der Waals surface area contributed by atoms with E-state index in [0.717, 1.165) is 30.9 Å². The van der Waals surface area contributed by atoms with Crippen molar-refractivity contribution in [1.82, 2.24) is 0 Å². The van der Waals surface area contributed by atoms with Crippen LogP contribution in [0.4, 0.5) is 26.3 Å². The van der Waals surface area contributed by atoms with Crippen molar-refractivity contribution in [3.05, 3.63) is 70.3 Å². The first-order valence-corrected chi connectivity index (χ1v) is 12.0. The van der Waals surface area contributed by atoms with Gasteiger partial charge in [0.2, 0.25) is 0 Å². The summed E-state index contributed by atoms with van der Waals surface area (Å²) in [6.07, 6.45) is 6.38. The van der Waals surface area contributed by atoms with E-state index in [1.165, 1.54) is 31.7 Å². The van der Waals surface area contributed by atoms with Gasteiger partial charge >= 0.3 is 0 Å². The highest BCUT2D eigenvalue weighted by Crippen LogP contribution is 2.39. The molecule has 4 rings (SSSR count). The van der Waals surface area contributed by atoms with E-state index >= 15 is 0 Å². The Morgan fingerprint density at radius 3 is 2.00 bits per heavy atom. The van der Waals surface area contributed by atoms with Crippen molar-refractivity contribution in [3.63, 3.8) is 0 Å². The Labute approximate surface area is 200 Å². The highest BCUT2D eigenvalue weighted by Gasteiger charge is 2.32. The quantitative estimate of drug-likeness (QED) is 0.227. The van der Waals surface area contributed by atoms with E-state index in [1.807, 2.05) is 0 Å². The van der Waals surface area contributed by atoms with Crippen LogP contribution in [-0.4, -0.2) is 13.2 Å². The lowest BCUT2D eigenvalue weighted by Gasteiger charge is -2.37. The summed E-state index contributed by atoms with van der Waals surface area (Å²) in [6.45, 7) is 3.16. The van der Waals surface area contributed by atoms with Gasteiger partial charge < -0.3 is 9.47 Å². The Bertz CT molecular complexity index is 1050. The molecule has 2 nitrogen and oxygen atoms in total. The van der Waals surface area contributed by atoms with Gasteiger partial charge in [0, 0.05) is 22.6 Å². The molecule has 8 heteroatoms. The molecule has 1 heterocycles. The summed E-state index contributed by atoms with van der Waals surface area (Å²) in [7, 11) is 0. The molecule has 1 aliphatic heterocycles. The van der Waals surface area contributed by atoms with Crippen molar-refractivity contribution in [1.29, 1.82) is 0 Å². The molecule has 2 aliphatic rings. The molecule has 0 atom stereocenters. The normalized spacial score (nSPS) is 25.9. The Kier molecular flexibility index (Phi) is 8.22. The van der Waals surface area contributed by atoms with Crippen LogP contribution in [0.3, 0.4) is 0 Å². The summed E-state index contributed by atoms with van der Waals surface area (Å²) in [5, 5.41) is 0. The molecule has 0 bridgehead atoms. The fraction of sp³-hybridized carbons (Fsp3) is 0.481. The van der Waals surface area contributed by atoms with Gasteiger partial charge in [0.1, 0.15) is 5.82 Å². The lowest BCUT2D eigenvalue weighted by molar-refractivity contribution is -0.214. The molecule has 190 valence electrons. The van der Waals surface area contributed by atoms with Crippen LogP contribution in [-0.2, 0) is 9.47 Å². The zero-order valence-corrected chi connectivity index (χ0v) is 19.4. The summed E-state index contributed by atoms with van der Waals surface area (Å²) in [5.41, 5.74) is -1.31. The Hall–Kier alpha value is -2.32. The van der Waals surface area contributed by atoms with Crippen molar-refractivity contribution in [2.75, 3.05) is 13.2 Å². The van der Waals surface area contributed by atoms with Gasteiger partial charge in [0.15, 0.2) is 35.4 Å². The van der Waals surface area contributed by atoms with Gasteiger partial charge in [-0.25, -0.2) is 26.3 Å². The molecule has 1 aliphatic carbocycles. The topological polar surface area (TPSA) is 18.5 Å². The molecule has 2 aromatic carbocycles. The third-order valence-electron chi connectivity index (χ3n) is 7.11. The first-order valence-electron chi connectivity index (χ1n) is 12.0. The minimum Gasteiger partial charge on any atom is -0.348 e. The Morgan fingerprint density at radius 2 is 1.43 bits per heavy atom. The van der Waals surface area contributed by atoms with Crippen molar-refractivity contribution in [2.24, 2.45) is 17.8 Å². The van der Waals surface area contributed by atoms with Gasteiger partial charge in [-0.1, -0.05) is 38.7 Å². The number of benzene rings is 2. The molecule has 0 spiro atoms. The molecular weight excluding hydrogens is 470 g/mol. The zero-order valence-electron chi connectivity index (χ0n) is 19.4. The Balaban J connectivity index is 1.41. The first-order chi connectivity index (χ1) is 16.8. The van der Waals surface area contributed by atoms with E-state index in [4.69, 9.17) is 9.47 Å². The second kappa shape index (κ2) is 11.2. The maximum absolute atomic E-state index is 14.7. The van der Waals surface area contributed by atoms with Crippen LogP contribution in [0.15, 0.2) is 30.3 Å². The molecule has 35 heavy (non-hydrogen) atoms. The monoisotopic (exact) mass is 498 g/mol. The molecule has 0 aromatic heterocycles. The van der Waals surface area contributed by atoms with E-state index in [-0.39, 0.29) is 5.92 Å². The van der Waals surface area contributed by atoms with Crippen LogP contribution in [0.25, 0.3) is 11.7 Å². The molecule has 0 N–H and O–H groups in total. The maximum Gasteiger partial charge on any atom is 0.194 e. The molecule has 2 fully saturated rings. The fourth-order valence-corrected chi connectivity index (χ4v) is 5.12. The SMILES string of the molecule is CCCC1CCC(C2COC(c3ccc(/C(F)=C(\F)c4cc(F)c(F)c(F)c4)c(F)c3)OC2)CC1. The van der Waals surface area contributed by atoms with E-state index in [9.17, 15) is 26.3 Å². The second-order valence-electron chi connectivity index (χ2n) is 9.45. The van der Waals surface area contributed by atoms with E-state index in [0.29, 0.717) is 36.8 Å². The zero-order chi connectivity index (χ0) is 25.1. The summed E-state index contributed by atoms with van der Waals surface area (Å²) in [5.74, 6) is -8.04. The van der Waals surface area contributed by atoms with Crippen molar-refractivity contribution in [3.8, 4) is 0 Å². The van der Waals surface area contributed by atoms with Crippen LogP contribution in [0.2, 0.25) is 0 Å². The van der Waals surface area contributed by atoms with E-state index in [1.54, 1.807) is 0 Å². The summed E-state index contributed by atoms with van der Waals surface area (Å²) in [6, 6.07) is 3.93. The van der Waals surface area contributed by atoms with Crippen LogP contribution in [0.1, 0.15) is 68.4 Å². The summed E-state index contributed by atoms with van der Waals surface area (Å²) in [4.78, 5) is 0. The first kappa shape index (κ1) is 25.8. The van der Waals surface area contributed by atoms with Gasteiger partial charge in [0.25, 0.3) is 0 Å². The largest absolute Gasteiger partial charge is 0.348 e. The van der Waals surface area contributed by atoms with Crippen molar-refractivity contribution < 1.29 is 35.8 Å². The standard InChI is InChI=1S/C27H28F6O2/c1-2-3-15-4-6-16(7-5-15)19-13-34-27(35-14-19)17-8-9-20(21(28)10-17)25(32)24(31)18-11-22(29)26(33)23(30)12-18/h8-12,15-16,19,27H,2-7,13-14H2,1H3/b25-24+. The Morgan fingerprint density at radius 1 is 0.800 bits per heavy atom. The minimum absolute atomic E-state index is 0.268. The lowest BCUT2D eigenvalue weighted by atomic mass is 9.75. The smallest absolute Gasteiger partial charge is 0.194 e. The highest BCUT2D eigenvalue weighted by molar-refractivity contribution is 5.83. The number of hydrogen-bond donors (Lipinski definition) is 0. The average molecular weight is 499 g/mol. The van der Waals surface area contributed by atoms with E-state index in [2.05, 4.69) is 6.92 Å². The van der Waals surface area contributed by atoms with Crippen LogP contribution < -0.4 is 0 Å². The maximum atomic E-state index is 14.7. The van der Waals surface area contributed by atoms with Crippen molar-refractivity contribution >= 4 is 11.7 Å². The van der Waals surface area contributed by atoms with Gasteiger partial charge in [-0.2, -0.15) is 0 Å². The molecule has 0 amide bonds. The number of ether oxygens (including phenoxy) is 2. The van der Waals surface area contributed by atoms with E-state index < -0.39 is 52.3 Å². The molecule has 1 saturated heterocycles. The fourth-order valence-electron chi connectivity index (χ4n) is 5.12. The predicted octanol–water partition coefficient (Wildman–Crippen LogP) is 8.28. The van der Waals surface area contributed by atoms with Crippen LogP contribution in [0.5, 0.6) is 0 Å². The van der Waals surface area contributed by atoms with Crippen LogP contribution in [0, 0.1) is 41.0 Å². The second-order valence-corrected chi connectivity index (χ2v) is 9.45. The number of halogens is 6. The summed E-state index contributed by atoms with van der Waals surface area (Å²) < 4.78 is 95.2. The molecule has 1 saturated carbocycles. The molecular formula is C27H28F6O2.